The van der Waals surface area contributed by atoms with Crippen LogP contribution >= 0.6 is 23.2 Å². The number of carbonyl (C=O) groups excluding carboxylic acids is 2. The van der Waals surface area contributed by atoms with Crippen LogP contribution in [0.1, 0.15) is 28.4 Å². The smallest absolute Gasteiger partial charge is 0.338 e. The Morgan fingerprint density at radius 1 is 1.00 bits per heavy atom. The Morgan fingerprint density at radius 2 is 1.65 bits per heavy atom. The molecular weight excluding hydrogens is 337 g/mol. The predicted molar refractivity (Wildman–Crippen MR) is 89.5 cm³/mol. The van der Waals surface area contributed by atoms with E-state index in [4.69, 9.17) is 27.9 Å². The molecule has 4 nitrogen and oxygen atoms in total. The molecule has 0 unspecified atom stereocenters. The quantitative estimate of drug-likeness (QED) is 0.828. The normalized spacial score (nSPS) is 10.2. The molecule has 2 aromatic rings. The molecule has 0 aliphatic heterocycles. The van der Waals surface area contributed by atoms with E-state index in [0.29, 0.717) is 22.2 Å². The number of nitrogens with one attached hydrogen (secondary N) is 1. The van der Waals surface area contributed by atoms with Gasteiger partial charge in [0.15, 0.2) is 0 Å². The Morgan fingerprint density at radius 3 is 2.26 bits per heavy atom. The third kappa shape index (κ3) is 5.27. The Balaban J connectivity index is 1.92. The number of benzene rings is 2. The zero-order chi connectivity index (χ0) is 16.8. The number of halogens is 2. The molecule has 1 amide bonds. The summed E-state index contributed by atoms with van der Waals surface area (Å²) in [5, 5.41) is 3.56. The van der Waals surface area contributed by atoms with Crippen molar-refractivity contribution in [3.63, 3.8) is 0 Å². The van der Waals surface area contributed by atoms with Gasteiger partial charge in [-0.3, -0.25) is 4.79 Å². The molecule has 6 heteroatoms. The molecule has 23 heavy (non-hydrogen) atoms. The average Bonchev–Trinajstić information content (AvgIpc) is 2.54. The van der Waals surface area contributed by atoms with Crippen LogP contribution in [-0.4, -0.2) is 11.9 Å². The maximum atomic E-state index is 12.0. The molecule has 0 bridgehead atoms. The summed E-state index contributed by atoms with van der Waals surface area (Å²) in [5.74, 6) is -0.530. The third-order valence-electron chi connectivity index (χ3n) is 3.09. The maximum Gasteiger partial charge on any atom is 0.338 e. The van der Waals surface area contributed by atoms with Gasteiger partial charge in [0.05, 0.1) is 15.6 Å². The second kappa shape index (κ2) is 7.99. The lowest BCUT2D eigenvalue weighted by atomic mass is 10.1. The minimum atomic E-state index is -0.429. The van der Waals surface area contributed by atoms with Gasteiger partial charge in [0.1, 0.15) is 6.61 Å². The van der Waals surface area contributed by atoms with Gasteiger partial charge < -0.3 is 10.1 Å². The lowest BCUT2D eigenvalue weighted by Crippen LogP contribution is -2.18. The number of ether oxygens (including phenoxy) is 1. The van der Waals surface area contributed by atoms with Crippen LogP contribution in [0.15, 0.2) is 42.5 Å². The highest BCUT2D eigenvalue weighted by atomic mass is 35.5. The van der Waals surface area contributed by atoms with E-state index in [-0.39, 0.29) is 12.5 Å². The molecule has 0 saturated heterocycles. The zero-order valence-corrected chi connectivity index (χ0v) is 13.9. The maximum absolute atomic E-state index is 12.0. The van der Waals surface area contributed by atoms with Crippen molar-refractivity contribution in [2.45, 2.75) is 20.1 Å². The fourth-order valence-electron chi connectivity index (χ4n) is 1.85. The van der Waals surface area contributed by atoms with E-state index in [2.05, 4.69) is 5.32 Å². The first-order valence-corrected chi connectivity index (χ1v) is 7.66. The van der Waals surface area contributed by atoms with E-state index < -0.39 is 5.97 Å². The van der Waals surface area contributed by atoms with Crippen LogP contribution in [0.3, 0.4) is 0 Å². The van der Waals surface area contributed by atoms with E-state index in [1.165, 1.54) is 6.92 Å². The standard InChI is InChI=1S/C17H15Cl2NO3/c1-11(21)20-9-12-2-5-14(6-3-12)17(22)23-10-13-4-7-15(18)16(19)8-13/h2-8H,9-10H2,1H3,(H,20,21). The zero-order valence-electron chi connectivity index (χ0n) is 12.4. The monoisotopic (exact) mass is 351 g/mol. The van der Waals surface area contributed by atoms with Crippen molar-refractivity contribution in [2.75, 3.05) is 0 Å². The molecular formula is C17H15Cl2NO3. The molecule has 1 N–H and O–H groups in total. The summed E-state index contributed by atoms with van der Waals surface area (Å²) < 4.78 is 5.24. The summed E-state index contributed by atoms with van der Waals surface area (Å²) in [6.07, 6.45) is 0. The third-order valence-corrected chi connectivity index (χ3v) is 3.82. The topological polar surface area (TPSA) is 55.4 Å². The fourth-order valence-corrected chi connectivity index (χ4v) is 2.17. The molecule has 0 aliphatic carbocycles. The second-order valence-electron chi connectivity index (χ2n) is 4.93. The molecule has 0 fully saturated rings. The van der Waals surface area contributed by atoms with Gasteiger partial charge >= 0.3 is 5.97 Å². The van der Waals surface area contributed by atoms with Gasteiger partial charge in [-0.05, 0) is 35.4 Å². The average molecular weight is 352 g/mol. The molecule has 0 aliphatic rings. The molecule has 0 atom stereocenters. The van der Waals surface area contributed by atoms with E-state index in [0.717, 1.165) is 11.1 Å². The molecule has 0 saturated carbocycles. The minimum Gasteiger partial charge on any atom is -0.457 e. The van der Waals surface area contributed by atoms with Gasteiger partial charge in [0.2, 0.25) is 5.91 Å². The van der Waals surface area contributed by atoms with Crippen molar-refractivity contribution < 1.29 is 14.3 Å². The van der Waals surface area contributed by atoms with Gasteiger partial charge in [-0.1, -0.05) is 41.4 Å². The number of rotatable bonds is 5. The van der Waals surface area contributed by atoms with Crippen molar-refractivity contribution in [3.05, 3.63) is 69.2 Å². The fraction of sp³-hybridized carbons (Fsp3) is 0.176. The largest absolute Gasteiger partial charge is 0.457 e. The van der Waals surface area contributed by atoms with E-state index in [1.807, 2.05) is 0 Å². The van der Waals surface area contributed by atoms with Gasteiger partial charge in [0, 0.05) is 13.5 Å². The summed E-state index contributed by atoms with van der Waals surface area (Å²) in [5.41, 5.74) is 2.10. The van der Waals surface area contributed by atoms with Gasteiger partial charge in [-0.15, -0.1) is 0 Å². The molecule has 0 radical (unpaired) electrons. The Labute approximate surface area is 144 Å². The van der Waals surface area contributed by atoms with Crippen molar-refractivity contribution in [1.29, 1.82) is 0 Å². The van der Waals surface area contributed by atoms with Crippen LogP contribution in [0.5, 0.6) is 0 Å². The van der Waals surface area contributed by atoms with Crippen LogP contribution in [0.25, 0.3) is 0 Å². The molecule has 0 heterocycles. The van der Waals surface area contributed by atoms with Gasteiger partial charge in [-0.25, -0.2) is 4.79 Å². The first-order valence-electron chi connectivity index (χ1n) is 6.90. The summed E-state index contributed by atoms with van der Waals surface area (Å²) in [6, 6.07) is 11.9. The summed E-state index contributed by atoms with van der Waals surface area (Å²) in [4.78, 5) is 22.9. The number of esters is 1. The Bertz CT molecular complexity index is 714. The van der Waals surface area contributed by atoms with Crippen molar-refractivity contribution in [3.8, 4) is 0 Å². The number of amides is 1. The van der Waals surface area contributed by atoms with Crippen molar-refractivity contribution in [2.24, 2.45) is 0 Å². The summed E-state index contributed by atoms with van der Waals surface area (Å²) >= 11 is 11.7. The Hall–Kier alpha value is -2.04. The van der Waals surface area contributed by atoms with Gasteiger partial charge in [-0.2, -0.15) is 0 Å². The highest BCUT2D eigenvalue weighted by molar-refractivity contribution is 6.42. The summed E-state index contributed by atoms with van der Waals surface area (Å²) in [6.45, 7) is 1.99. The van der Waals surface area contributed by atoms with Crippen LogP contribution < -0.4 is 5.32 Å². The first kappa shape index (κ1) is 17.3. The first-order chi connectivity index (χ1) is 11.0. The molecule has 0 spiro atoms. The number of hydrogen-bond acceptors (Lipinski definition) is 3. The SMILES string of the molecule is CC(=O)NCc1ccc(C(=O)OCc2ccc(Cl)c(Cl)c2)cc1. The Kier molecular flexibility index (Phi) is 6.02. The van der Waals surface area contributed by atoms with Crippen LogP contribution in [0, 0.1) is 0 Å². The second-order valence-corrected chi connectivity index (χ2v) is 5.75. The summed E-state index contributed by atoms with van der Waals surface area (Å²) in [7, 11) is 0. The molecule has 2 aromatic carbocycles. The lowest BCUT2D eigenvalue weighted by Gasteiger charge is -2.07. The highest BCUT2D eigenvalue weighted by Gasteiger charge is 2.08. The predicted octanol–water partition coefficient (Wildman–Crippen LogP) is 3.99. The van der Waals surface area contributed by atoms with E-state index >= 15 is 0 Å². The lowest BCUT2D eigenvalue weighted by molar-refractivity contribution is -0.119. The minimum absolute atomic E-state index is 0.102. The number of carbonyl (C=O) groups is 2. The van der Waals surface area contributed by atoms with Crippen molar-refractivity contribution >= 4 is 35.1 Å². The van der Waals surface area contributed by atoms with E-state index in [1.54, 1.807) is 42.5 Å². The van der Waals surface area contributed by atoms with Gasteiger partial charge in [0.25, 0.3) is 0 Å². The number of hydrogen-bond donors (Lipinski definition) is 1. The van der Waals surface area contributed by atoms with Crippen LogP contribution in [0.2, 0.25) is 10.0 Å². The molecule has 0 aromatic heterocycles. The van der Waals surface area contributed by atoms with Crippen LogP contribution in [0.4, 0.5) is 0 Å². The van der Waals surface area contributed by atoms with Crippen LogP contribution in [-0.2, 0) is 22.7 Å². The molecule has 120 valence electrons. The van der Waals surface area contributed by atoms with E-state index in [9.17, 15) is 9.59 Å². The molecule has 2 rings (SSSR count). The van der Waals surface area contributed by atoms with Crippen molar-refractivity contribution in [1.82, 2.24) is 5.32 Å². The highest BCUT2D eigenvalue weighted by Crippen LogP contribution is 2.23.